The summed E-state index contributed by atoms with van der Waals surface area (Å²) in [4.78, 5) is 35.7. The van der Waals surface area contributed by atoms with E-state index in [4.69, 9.17) is 24.2 Å². The lowest BCUT2D eigenvalue weighted by Gasteiger charge is -2.54. The zero-order valence-corrected chi connectivity index (χ0v) is 35.5. The first-order chi connectivity index (χ1) is 27.6. The van der Waals surface area contributed by atoms with E-state index in [1.165, 1.54) is 0 Å². The van der Waals surface area contributed by atoms with Crippen LogP contribution in [0.2, 0.25) is 18.1 Å². The van der Waals surface area contributed by atoms with Crippen molar-refractivity contribution in [2.75, 3.05) is 32.1 Å². The molecule has 12 heteroatoms. The van der Waals surface area contributed by atoms with E-state index >= 15 is 9.59 Å². The molecule has 4 aromatic rings. The fourth-order valence-corrected chi connectivity index (χ4v) is 11.6. The number of hydrogen-bond donors (Lipinski definition) is 2. The van der Waals surface area contributed by atoms with Crippen molar-refractivity contribution in [3.8, 4) is 11.6 Å². The Bertz CT molecular complexity index is 2320. The highest BCUT2D eigenvalue weighted by Crippen LogP contribution is 2.60. The van der Waals surface area contributed by atoms with Crippen LogP contribution in [0.3, 0.4) is 0 Å². The Labute approximate surface area is 341 Å². The molecular weight excluding hydrogens is 749 g/mol. The van der Waals surface area contributed by atoms with Gasteiger partial charge in [-0.3, -0.25) is 14.5 Å². The molecule has 304 valence electrons. The minimum atomic E-state index is -2.88. The van der Waals surface area contributed by atoms with Crippen molar-refractivity contribution in [1.29, 1.82) is 0 Å². The molecule has 3 N–H and O–H groups in total. The third kappa shape index (κ3) is 5.89. The van der Waals surface area contributed by atoms with Gasteiger partial charge in [0, 0.05) is 36.8 Å². The van der Waals surface area contributed by atoms with Crippen LogP contribution in [-0.4, -0.2) is 67.8 Å². The number of carbonyl (C=O) groups excluding carboxylic acids is 2. The number of ether oxygens (including phenoxy) is 2. The highest BCUT2D eigenvalue weighted by molar-refractivity contribution is 6.74. The average molecular weight is 803 g/mol. The Kier molecular flexibility index (Phi) is 9.31. The minimum Gasteiger partial charge on any atom is -0.508 e. The summed E-state index contributed by atoms with van der Waals surface area (Å²) in [6, 6.07) is 20.8. The van der Waals surface area contributed by atoms with Gasteiger partial charge in [0.15, 0.2) is 25.5 Å². The minimum absolute atomic E-state index is 0.0161. The van der Waals surface area contributed by atoms with Gasteiger partial charge in [-0.25, -0.2) is 0 Å². The lowest BCUT2D eigenvalue weighted by Crippen LogP contribution is -2.64. The van der Waals surface area contributed by atoms with Crippen LogP contribution in [0, 0.1) is 17.8 Å². The van der Waals surface area contributed by atoms with E-state index < -0.39 is 37.6 Å². The predicted octanol–water partition coefficient (Wildman–Crippen LogP) is 8.12. The monoisotopic (exact) mass is 802 g/mol. The third-order valence-corrected chi connectivity index (χ3v) is 18.5. The summed E-state index contributed by atoms with van der Waals surface area (Å²) in [6.07, 6.45) is 1.86. The summed E-state index contributed by atoms with van der Waals surface area (Å²) in [5, 5.41) is 16.9. The Balaban J connectivity index is 1.21. The van der Waals surface area contributed by atoms with Crippen LogP contribution in [-0.2, 0) is 24.1 Å². The molecule has 0 spiro atoms. The quantitative estimate of drug-likeness (QED) is 0.167. The molecule has 1 fully saturated rings. The molecule has 0 bridgehead atoms. The van der Waals surface area contributed by atoms with Crippen molar-refractivity contribution >= 4 is 25.6 Å². The number of carbonyl (C=O) groups is 2. The molecule has 3 unspecified atom stereocenters. The maximum absolute atomic E-state index is 15.5. The summed E-state index contributed by atoms with van der Waals surface area (Å²) < 4.78 is 25.9. The molecule has 9 rings (SSSR count). The van der Waals surface area contributed by atoms with Gasteiger partial charge in [-0.05, 0) is 96.3 Å². The van der Waals surface area contributed by atoms with E-state index in [1.54, 1.807) is 0 Å². The van der Waals surface area contributed by atoms with Crippen LogP contribution in [0.4, 0.5) is 5.69 Å². The Morgan fingerprint density at radius 3 is 2.29 bits per heavy atom. The summed E-state index contributed by atoms with van der Waals surface area (Å²) in [6.45, 7) is 12.6. The number of ketones is 2. The average Bonchev–Trinajstić information content (AvgIpc) is 3.79. The Morgan fingerprint density at radius 1 is 0.983 bits per heavy atom. The fraction of sp³-hybridized carbons (Fsp3) is 0.457. The lowest BCUT2D eigenvalue weighted by molar-refractivity contribution is -0.0273. The molecule has 1 saturated heterocycles. The molecule has 0 radical (unpaired) electrons. The first kappa shape index (κ1) is 38.7. The molecule has 6 atom stereocenters. The topological polar surface area (TPSA) is 141 Å². The summed E-state index contributed by atoms with van der Waals surface area (Å²) in [5.74, 6) is -1.34. The van der Waals surface area contributed by atoms with Crippen molar-refractivity contribution < 1.29 is 33.1 Å². The van der Waals surface area contributed by atoms with Gasteiger partial charge in [0.1, 0.15) is 30.3 Å². The van der Waals surface area contributed by atoms with E-state index in [0.29, 0.717) is 30.1 Å². The zero-order valence-electron chi connectivity index (χ0n) is 34.5. The standard InChI is InChI=1S/C46H54N4O7Si/c1-45(2,3)58(6,7)57-46-32(37(47)41-36(43(46)53)44(48-56-41)55-25-27-16-12-9-13-17-27)21-29-20-30-35(40(51)34(29)42(46)52)33(54-24-26-14-10-8-11-15-26)22-31-38-28(18-19-49(38)4)23-50(5)39(30)31/h8-17,22,28-29,32,37-38,52H,18-21,23-25,47H2,1-7H3/t28?,29-,32-,37-,38?,46?/m0/s1. The van der Waals surface area contributed by atoms with Crippen molar-refractivity contribution in [3.05, 3.63) is 117 Å². The van der Waals surface area contributed by atoms with Crippen LogP contribution in [0.25, 0.3) is 0 Å². The van der Waals surface area contributed by atoms with Gasteiger partial charge in [0.2, 0.25) is 5.78 Å². The second-order valence-corrected chi connectivity index (χ2v) is 23.3. The molecule has 2 aliphatic heterocycles. The number of rotatable bonds is 8. The van der Waals surface area contributed by atoms with Gasteiger partial charge in [0.25, 0.3) is 5.88 Å². The van der Waals surface area contributed by atoms with Gasteiger partial charge < -0.3 is 34.2 Å². The molecule has 3 aliphatic carbocycles. The number of likely N-dealkylation sites (tertiary alicyclic amines) is 1. The number of anilines is 1. The number of aliphatic hydroxyl groups excluding tert-OH is 1. The van der Waals surface area contributed by atoms with E-state index in [2.05, 4.69) is 55.9 Å². The predicted molar refractivity (Wildman–Crippen MR) is 223 cm³/mol. The zero-order chi connectivity index (χ0) is 40.9. The third-order valence-electron chi connectivity index (χ3n) is 14.0. The van der Waals surface area contributed by atoms with E-state index in [-0.39, 0.29) is 58.6 Å². The van der Waals surface area contributed by atoms with Crippen LogP contribution in [0.5, 0.6) is 11.6 Å². The van der Waals surface area contributed by atoms with Crippen LogP contribution in [0.1, 0.15) is 94.4 Å². The number of aliphatic hydroxyl groups is 1. The van der Waals surface area contributed by atoms with Crippen LogP contribution >= 0.6 is 0 Å². The molecular formula is C46H54N4O7Si. The summed E-state index contributed by atoms with van der Waals surface area (Å²) in [7, 11) is 1.41. The largest absolute Gasteiger partial charge is 0.508 e. The maximum Gasteiger partial charge on any atom is 0.265 e. The van der Waals surface area contributed by atoms with Crippen molar-refractivity contribution in [2.24, 2.45) is 23.5 Å². The van der Waals surface area contributed by atoms with Crippen LogP contribution in [0.15, 0.2) is 82.6 Å². The molecule has 11 nitrogen and oxygen atoms in total. The molecule has 3 heterocycles. The molecule has 1 aromatic heterocycles. The smallest absolute Gasteiger partial charge is 0.265 e. The van der Waals surface area contributed by atoms with Crippen molar-refractivity contribution in [2.45, 2.75) is 89.1 Å². The fourth-order valence-electron chi connectivity index (χ4n) is 10.2. The summed E-state index contributed by atoms with van der Waals surface area (Å²) in [5.41, 5.74) is 10.9. The van der Waals surface area contributed by atoms with Gasteiger partial charge in [0.05, 0.1) is 11.6 Å². The SMILES string of the molecule is CN1CC2CCN(C)C2c2cc(OCc3ccccc3)c3c(c21)C[C@H]1C[C@H]2[C@H](N)c4onc(OCc5ccccc5)c4C(=O)C2(O[Si](C)(C)C(C)(C)C)C(O)=C1C3=O. The second kappa shape index (κ2) is 13.9. The lowest BCUT2D eigenvalue weighted by atomic mass is 9.58. The number of nitrogens with two attached hydrogens (primary N) is 1. The first-order valence-electron chi connectivity index (χ1n) is 20.6. The number of allylic oxidation sites excluding steroid dienone is 1. The number of fused-ring (bicyclic) bond motifs is 8. The molecule has 3 aromatic carbocycles. The molecule has 0 amide bonds. The molecule has 0 saturated carbocycles. The van der Waals surface area contributed by atoms with E-state index in [9.17, 15) is 5.11 Å². The second-order valence-electron chi connectivity index (χ2n) is 18.6. The number of benzene rings is 3. The van der Waals surface area contributed by atoms with E-state index in [1.807, 2.05) is 73.8 Å². The first-order valence-corrected chi connectivity index (χ1v) is 23.5. The molecule has 58 heavy (non-hydrogen) atoms. The number of aromatic nitrogens is 1. The number of nitrogens with zero attached hydrogens (tertiary/aromatic N) is 3. The van der Waals surface area contributed by atoms with Crippen molar-refractivity contribution in [1.82, 2.24) is 10.1 Å². The maximum atomic E-state index is 15.5. The van der Waals surface area contributed by atoms with Crippen molar-refractivity contribution in [3.63, 3.8) is 0 Å². The van der Waals surface area contributed by atoms with Gasteiger partial charge in [-0.2, -0.15) is 0 Å². The summed E-state index contributed by atoms with van der Waals surface area (Å²) >= 11 is 0. The number of Topliss-reactive ketones (excluding diaryl/α,β-unsaturated/α-hetero) is 2. The normalized spacial score (nSPS) is 26.7. The van der Waals surface area contributed by atoms with Gasteiger partial charge in [-0.1, -0.05) is 81.4 Å². The van der Waals surface area contributed by atoms with E-state index in [0.717, 1.165) is 47.5 Å². The molecule has 5 aliphatic rings. The Hall–Kier alpha value is -4.75. The highest BCUT2D eigenvalue weighted by atomic mass is 28.4. The van der Waals surface area contributed by atoms with Gasteiger partial charge in [-0.15, -0.1) is 0 Å². The van der Waals surface area contributed by atoms with Crippen LogP contribution < -0.4 is 20.1 Å². The Morgan fingerprint density at radius 2 is 1.64 bits per heavy atom. The highest BCUT2D eigenvalue weighted by Gasteiger charge is 2.66. The van der Waals surface area contributed by atoms with Gasteiger partial charge >= 0.3 is 0 Å². The number of hydrogen-bond acceptors (Lipinski definition) is 11.